The van der Waals surface area contributed by atoms with Crippen LogP contribution in [-0.4, -0.2) is 32.0 Å². The molecule has 0 unspecified atom stereocenters. The molecule has 0 amide bonds. The summed E-state index contributed by atoms with van der Waals surface area (Å²) in [5, 5.41) is 12.5. The van der Waals surface area contributed by atoms with Crippen molar-refractivity contribution in [2.45, 2.75) is 12.1 Å². The molecule has 0 aliphatic heterocycles. The molecule has 0 saturated carbocycles. The smallest absolute Gasteiger partial charge is 0.314 e. The molecular weight excluding hydrogens is 242 g/mol. The minimum absolute atomic E-state index is 0.108. The van der Waals surface area contributed by atoms with Gasteiger partial charge in [-0.15, -0.1) is 0 Å². The third-order valence-corrected chi connectivity index (χ3v) is 2.65. The van der Waals surface area contributed by atoms with Crippen LogP contribution in [0.1, 0.15) is 5.69 Å². The summed E-state index contributed by atoms with van der Waals surface area (Å²) in [4.78, 5) is 18.7. The number of rotatable bonds is 4. The quantitative estimate of drug-likeness (QED) is 0.825. The summed E-state index contributed by atoms with van der Waals surface area (Å²) in [5.41, 5.74) is 1.46. The van der Waals surface area contributed by atoms with Gasteiger partial charge >= 0.3 is 5.97 Å². The largest absolute Gasteiger partial charge is 0.481 e. The molecule has 17 heavy (non-hydrogen) atoms. The highest BCUT2D eigenvalue weighted by Crippen LogP contribution is 2.19. The van der Waals surface area contributed by atoms with Gasteiger partial charge in [-0.3, -0.25) is 4.79 Å². The van der Waals surface area contributed by atoms with Crippen molar-refractivity contribution in [3.05, 3.63) is 23.9 Å². The summed E-state index contributed by atoms with van der Waals surface area (Å²) in [5.74, 6) is -0.673. The Morgan fingerprint density at radius 3 is 3.00 bits per heavy atom. The summed E-state index contributed by atoms with van der Waals surface area (Å²) in [6.07, 6.45) is 0. The molecule has 7 heteroatoms. The Labute approximate surface area is 101 Å². The van der Waals surface area contributed by atoms with Gasteiger partial charge in [0.1, 0.15) is 11.4 Å². The standard InChI is InChI=1S/C10H9N3O3S/c1-6-3-2-4-7(11-6)9-12-10(16-13-9)17-5-8(14)15/h2-4H,5H2,1H3,(H,14,15). The van der Waals surface area contributed by atoms with Crippen LogP contribution in [0.2, 0.25) is 0 Å². The van der Waals surface area contributed by atoms with E-state index in [4.69, 9.17) is 9.63 Å². The van der Waals surface area contributed by atoms with Gasteiger partial charge in [-0.25, -0.2) is 4.98 Å². The van der Waals surface area contributed by atoms with Crippen LogP contribution in [-0.2, 0) is 4.79 Å². The van der Waals surface area contributed by atoms with E-state index < -0.39 is 5.97 Å². The summed E-state index contributed by atoms with van der Waals surface area (Å²) in [6.45, 7) is 1.86. The highest BCUT2D eigenvalue weighted by atomic mass is 32.2. The molecule has 2 aromatic rings. The molecule has 0 saturated heterocycles. The lowest BCUT2D eigenvalue weighted by atomic mass is 10.3. The number of thioether (sulfide) groups is 1. The second kappa shape index (κ2) is 4.96. The van der Waals surface area contributed by atoms with Gasteiger partial charge in [0.05, 0.1) is 0 Å². The van der Waals surface area contributed by atoms with E-state index in [0.29, 0.717) is 11.5 Å². The highest BCUT2D eigenvalue weighted by Gasteiger charge is 2.11. The minimum Gasteiger partial charge on any atom is -0.481 e. The SMILES string of the molecule is Cc1cccc(-c2noc(SCC(=O)O)n2)n1. The Balaban J connectivity index is 2.15. The Kier molecular flexibility index (Phi) is 3.38. The molecule has 1 N–H and O–H groups in total. The molecule has 0 aliphatic rings. The highest BCUT2D eigenvalue weighted by molar-refractivity contribution is 7.99. The molecular formula is C10H9N3O3S. The van der Waals surface area contributed by atoms with E-state index in [0.717, 1.165) is 17.5 Å². The van der Waals surface area contributed by atoms with Crippen LogP contribution in [0.5, 0.6) is 0 Å². The van der Waals surface area contributed by atoms with Gasteiger partial charge in [0, 0.05) is 5.69 Å². The van der Waals surface area contributed by atoms with Crippen LogP contribution in [0, 0.1) is 6.92 Å². The topological polar surface area (TPSA) is 89.1 Å². The van der Waals surface area contributed by atoms with E-state index in [1.165, 1.54) is 0 Å². The summed E-state index contributed by atoms with van der Waals surface area (Å²) >= 11 is 0.981. The van der Waals surface area contributed by atoms with Gasteiger partial charge < -0.3 is 9.63 Å². The van der Waals surface area contributed by atoms with Gasteiger partial charge in [-0.2, -0.15) is 4.98 Å². The Morgan fingerprint density at radius 1 is 1.47 bits per heavy atom. The zero-order valence-electron chi connectivity index (χ0n) is 8.95. The van der Waals surface area contributed by atoms with Gasteiger partial charge in [0.15, 0.2) is 0 Å². The second-order valence-electron chi connectivity index (χ2n) is 3.23. The van der Waals surface area contributed by atoms with Crippen molar-refractivity contribution in [3.63, 3.8) is 0 Å². The molecule has 6 nitrogen and oxygen atoms in total. The number of carboxylic acid groups (broad SMARTS) is 1. The average molecular weight is 251 g/mol. The maximum absolute atomic E-state index is 10.4. The lowest BCUT2D eigenvalue weighted by Crippen LogP contribution is -1.97. The fraction of sp³-hybridized carbons (Fsp3) is 0.200. The van der Waals surface area contributed by atoms with Crippen molar-refractivity contribution in [1.29, 1.82) is 0 Å². The fourth-order valence-electron chi connectivity index (χ4n) is 1.16. The molecule has 0 fully saturated rings. The van der Waals surface area contributed by atoms with E-state index in [-0.39, 0.29) is 11.0 Å². The molecule has 0 spiro atoms. The predicted octanol–water partition coefficient (Wildman–Crippen LogP) is 1.62. The number of hydrogen-bond donors (Lipinski definition) is 1. The number of carboxylic acids is 1. The van der Waals surface area contributed by atoms with Crippen LogP contribution >= 0.6 is 11.8 Å². The van der Waals surface area contributed by atoms with E-state index in [1.807, 2.05) is 19.1 Å². The predicted molar refractivity (Wildman–Crippen MR) is 60.6 cm³/mol. The van der Waals surface area contributed by atoms with E-state index in [9.17, 15) is 4.79 Å². The molecule has 0 aliphatic carbocycles. The van der Waals surface area contributed by atoms with Crippen molar-refractivity contribution in [2.24, 2.45) is 0 Å². The number of hydrogen-bond acceptors (Lipinski definition) is 6. The van der Waals surface area contributed by atoms with Crippen LogP contribution in [0.15, 0.2) is 27.9 Å². The summed E-state index contributed by atoms with van der Waals surface area (Å²) in [6, 6.07) is 5.48. The van der Waals surface area contributed by atoms with Crippen molar-refractivity contribution in [2.75, 3.05) is 5.75 Å². The van der Waals surface area contributed by atoms with Crippen LogP contribution in [0.4, 0.5) is 0 Å². The Hall–Kier alpha value is -1.89. The molecule has 0 radical (unpaired) electrons. The number of carbonyl (C=O) groups is 1. The number of aromatic nitrogens is 3. The molecule has 0 aromatic carbocycles. The number of nitrogens with zero attached hydrogens (tertiary/aromatic N) is 3. The van der Waals surface area contributed by atoms with Crippen LogP contribution < -0.4 is 0 Å². The van der Waals surface area contributed by atoms with Gasteiger partial charge in [-0.1, -0.05) is 23.0 Å². The number of pyridine rings is 1. The molecule has 0 atom stereocenters. The van der Waals surface area contributed by atoms with Gasteiger partial charge in [0.2, 0.25) is 5.82 Å². The van der Waals surface area contributed by atoms with E-state index in [1.54, 1.807) is 6.07 Å². The second-order valence-corrected chi connectivity index (χ2v) is 4.16. The van der Waals surface area contributed by atoms with Crippen LogP contribution in [0.3, 0.4) is 0 Å². The fourth-order valence-corrected chi connectivity index (χ4v) is 1.65. The molecule has 0 bridgehead atoms. The Bertz CT molecular complexity index is 541. The molecule has 88 valence electrons. The Morgan fingerprint density at radius 2 is 2.29 bits per heavy atom. The first-order valence-corrected chi connectivity index (χ1v) is 5.76. The van der Waals surface area contributed by atoms with Crippen LogP contribution in [0.25, 0.3) is 11.5 Å². The maximum Gasteiger partial charge on any atom is 0.314 e. The molecule has 2 rings (SSSR count). The zero-order chi connectivity index (χ0) is 12.3. The number of aliphatic carboxylic acids is 1. The maximum atomic E-state index is 10.4. The van der Waals surface area contributed by atoms with Crippen molar-refractivity contribution in [3.8, 4) is 11.5 Å². The zero-order valence-corrected chi connectivity index (χ0v) is 9.77. The van der Waals surface area contributed by atoms with Gasteiger partial charge in [-0.05, 0) is 19.1 Å². The van der Waals surface area contributed by atoms with Crippen molar-refractivity contribution >= 4 is 17.7 Å². The first kappa shape index (κ1) is 11.6. The third-order valence-electron chi connectivity index (χ3n) is 1.84. The van der Waals surface area contributed by atoms with Crippen molar-refractivity contribution < 1.29 is 14.4 Å². The lowest BCUT2D eigenvalue weighted by molar-refractivity contribution is -0.133. The van der Waals surface area contributed by atoms with Gasteiger partial charge in [0.25, 0.3) is 5.22 Å². The third kappa shape index (κ3) is 3.04. The summed E-state index contributed by atoms with van der Waals surface area (Å²) in [7, 11) is 0. The first-order chi connectivity index (χ1) is 8.15. The number of aryl methyl sites for hydroxylation is 1. The van der Waals surface area contributed by atoms with Crippen molar-refractivity contribution in [1.82, 2.24) is 15.1 Å². The summed E-state index contributed by atoms with van der Waals surface area (Å²) < 4.78 is 4.91. The monoisotopic (exact) mass is 251 g/mol. The minimum atomic E-state index is -0.927. The normalized spacial score (nSPS) is 10.4. The van der Waals surface area contributed by atoms with E-state index in [2.05, 4.69) is 15.1 Å². The average Bonchev–Trinajstić information content (AvgIpc) is 2.75. The molecule has 2 heterocycles. The lowest BCUT2D eigenvalue weighted by Gasteiger charge is -1.94. The molecule has 2 aromatic heterocycles. The first-order valence-electron chi connectivity index (χ1n) is 4.77. The van der Waals surface area contributed by atoms with E-state index >= 15 is 0 Å².